The first kappa shape index (κ1) is 9.74. The van der Waals surface area contributed by atoms with Crippen LogP contribution in [0.1, 0.15) is 0 Å². The molecule has 0 aromatic heterocycles. The molecule has 2 atom stereocenters. The van der Waals surface area contributed by atoms with Gasteiger partial charge in [-0.15, -0.1) is 0 Å². The molecule has 0 fully saturated rings. The molecule has 0 bridgehead atoms. The molecule has 0 aliphatic heterocycles. The van der Waals surface area contributed by atoms with E-state index in [1.54, 1.807) is 11.8 Å². The monoisotopic (exact) mass is 201 g/mol. The highest BCUT2D eigenvalue weighted by atomic mass is 32.2. The Labute approximate surface area is 82.0 Å². The highest BCUT2D eigenvalue weighted by molar-refractivity contribution is 7.99. The highest BCUT2D eigenvalue weighted by Gasteiger charge is 2.23. The lowest BCUT2D eigenvalue weighted by Crippen LogP contribution is -2.30. The maximum Gasteiger partial charge on any atom is 0.238 e. The summed E-state index contributed by atoms with van der Waals surface area (Å²) in [6.45, 7) is 0. The van der Waals surface area contributed by atoms with Gasteiger partial charge in [-0.05, 0) is 6.26 Å². The van der Waals surface area contributed by atoms with Crippen LogP contribution in [0.15, 0.2) is 24.3 Å². The van der Waals surface area contributed by atoms with E-state index >= 15 is 0 Å². The maximum absolute atomic E-state index is 11.3. The molecule has 0 saturated carbocycles. The van der Waals surface area contributed by atoms with Gasteiger partial charge in [-0.2, -0.15) is 11.8 Å². The van der Waals surface area contributed by atoms with Crippen molar-refractivity contribution in [3.63, 3.8) is 0 Å². The van der Waals surface area contributed by atoms with Gasteiger partial charge in [0.1, 0.15) is 0 Å². The lowest BCUT2D eigenvalue weighted by Gasteiger charge is -2.19. The molecule has 12 heavy (non-hydrogen) atoms. The number of nitrogens with one attached hydrogen (secondary N) is 1. The molecule has 0 aromatic carbocycles. The molecule has 1 N–H and O–H groups in total. The predicted octanol–water partition coefficient (Wildman–Crippen LogP) is 1.42. The smallest absolute Gasteiger partial charge is 0.238 e. The fourth-order valence-corrected chi connectivity index (χ4v) is 2.03. The van der Waals surface area contributed by atoms with Crippen molar-refractivity contribution in [2.45, 2.75) is 5.25 Å². The molecule has 0 heterocycles. The van der Waals surface area contributed by atoms with Gasteiger partial charge in [0, 0.05) is 5.25 Å². The van der Waals surface area contributed by atoms with Crippen molar-refractivity contribution >= 4 is 30.5 Å². The van der Waals surface area contributed by atoms with E-state index in [0.29, 0.717) is 0 Å². The summed E-state index contributed by atoms with van der Waals surface area (Å²) in [5.74, 6) is -0.124. The van der Waals surface area contributed by atoms with Gasteiger partial charge in [-0.25, -0.2) is 0 Å². The summed E-state index contributed by atoms with van der Waals surface area (Å²) in [4.78, 5) is 11.3. The first-order valence-corrected chi connectivity index (χ1v) is 5.35. The zero-order valence-electron chi connectivity index (χ0n) is 6.73. The summed E-state index contributed by atoms with van der Waals surface area (Å²) >= 11 is 5.40. The van der Waals surface area contributed by atoms with E-state index in [1.807, 2.05) is 30.6 Å². The summed E-state index contributed by atoms with van der Waals surface area (Å²) < 4.78 is 2.36. The molecular weight excluding hydrogens is 190 g/mol. The predicted molar refractivity (Wildman–Crippen MR) is 56.2 cm³/mol. The minimum Gasteiger partial charge on any atom is -0.302 e. The zero-order valence-corrected chi connectivity index (χ0v) is 8.44. The Bertz CT molecular complexity index is 225. The van der Waals surface area contributed by atoms with E-state index in [9.17, 15) is 4.79 Å². The van der Waals surface area contributed by atoms with Crippen LogP contribution >= 0.6 is 24.6 Å². The number of amides is 1. The van der Waals surface area contributed by atoms with Crippen LogP contribution in [0.3, 0.4) is 0 Å². The summed E-state index contributed by atoms with van der Waals surface area (Å²) in [5.41, 5.74) is 0. The van der Waals surface area contributed by atoms with Crippen molar-refractivity contribution in [1.29, 1.82) is 0 Å². The molecular formula is C8H11NOS2. The minimum atomic E-state index is -0.0810. The zero-order chi connectivity index (χ0) is 8.97. The van der Waals surface area contributed by atoms with Gasteiger partial charge >= 0.3 is 0 Å². The fourth-order valence-electron chi connectivity index (χ4n) is 1.12. The third-order valence-corrected chi connectivity index (χ3v) is 2.98. The van der Waals surface area contributed by atoms with Gasteiger partial charge in [0.05, 0.1) is 5.92 Å². The molecule has 1 amide bonds. The second-order valence-corrected chi connectivity index (χ2v) is 3.71. The van der Waals surface area contributed by atoms with Crippen molar-refractivity contribution in [2.75, 3.05) is 6.26 Å². The van der Waals surface area contributed by atoms with Crippen molar-refractivity contribution < 1.29 is 4.79 Å². The van der Waals surface area contributed by atoms with Crippen LogP contribution in [0.5, 0.6) is 0 Å². The normalized spacial score (nSPS) is 27.2. The molecule has 0 radical (unpaired) electrons. The topological polar surface area (TPSA) is 29.1 Å². The summed E-state index contributed by atoms with van der Waals surface area (Å²) in [5, 5.41) is 0.238. The van der Waals surface area contributed by atoms with Crippen molar-refractivity contribution in [1.82, 2.24) is 4.72 Å². The van der Waals surface area contributed by atoms with Crippen molar-refractivity contribution in [3.8, 4) is 0 Å². The van der Waals surface area contributed by atoms with Gasteiger partial charge in [0.2, 0.25) is 5.91 Å². The van der Waals surface area contributed by atoms with Gasteiger partial charge < -0.3 is 4.72 Å². The van der Waals surface area contributed by atoms with Crippen LogP contribution in [-0.2, 0) is 4.79 Å². The summed E-state index contributed by atoms with van der Waals surface area (Å²) in [7, 11) is 0. The maximum atomic E-state index is 11.3. The molecule has 0 aromatic rings. The van der Waals surface area contributed by atoms with E-state index in [2.05, 4.69) is 17.5 Å². The average molecular weight is 201 g/mol. The van der Waals surface area contributed by atoms with Crippen LogP contribution in [0.2, 0.25) is 0 Å². The molecule has 1 aliphatic rings. The fraction of sp³-hybridized carbons (Fsp3) is 0.375. The number of allylic oxidation sites excluding steroid dienone is 2. The third-order valence-electron chi connectivity index (χ3n) is 1.77. The molecule has 2 unspecified atom stereocenters. The van der Waals surface area contributed by atoms with Crippen molar-refractivity contribution in [2.24, 2.45) is 5.92 Å². The number of thiol groups is 1. The molecule has 66 valence electrons. The number of thioether (sulfide) groups is 1. The van der Waals surface area contributed by atoms with E-state index in [4.69, 9.17) is 0 Å². The number of rotatable bonds is 2. The first-order valence-electron chi connectivity index (χ1n) is 3.61. The second kappa shape index (κ2) is 4.62. The molecule has 1 aliphatic carbocycles. The summed E-state index contributed by atoms with van der Waals surface area (Å²) in [6.07, 6.45) is 9.77. The number of carbonyl (C=O) groups is 1. The summed E-state index contributed by atoms with van der Waals surface area (Å²) in [6, 6.07) is 0. The Morgan fingerprint density at radius 3 is 2.75 bits per heavy atom. The molecule has 4 heteroatoms. The first-order chi connectivity index (χ1) is 5.79. The number of carbonyl (C=O) groups excluding carboxylic acids is 1. The molecule has 0 saturated heterocycles. The Kier molecular flexibility index (Phi) is 3.75. The number of hydrogen-bond donors (Lipinski definition) is 2. The lowest BCUT2D eigenvalue weighted by atomic mass is 10.00. The van der Waals surface area contributed by atoms with Crippen LogP contribution < -0.4 is 4.72 Å². The van der Waals surface area contributed by atoms with Gasteiger partial charge in [-0.3, -0.25) is 4.79 Å². The quantitative estimate of drug-likeness (QED) is 0.662. The van der Waals surface area contributed by atoms with E-state index < -0.39 is 0 Å². The van der Waals surface area contributed by atoms with Gasteiger partial charge in [0.15, 0.2) is 0 Å². The molecule has 1 rings (SSSR count). The van der Waals surface area contributed by atoms with Gasteiger partial charge in [-0.1, -0.05) is 37.1 Å². The Hall–Kier alpha value is -0.350. The van der Waals surface area contributed by atoms with Crippen molar-refractivity contribution in [3.05, 3.63) is 24.3 Å². The van der Waals surface area contributed by atoms with E-state index in [-0.39, 0.29) is 17.1 Å². The average Bonchev–Trinajstić information content (AvgIpc) is 2.16. The number of hydrogen-bond acceptors (Lipinski definition) is 3. The van der Waals surface area contributed by atoms with E-state index in [1.165, 1.54) is 0 Å². The highest BCUT2D eigenvalue weighted by Crippen LogP contribution is 2.23. The molecule has 0 spiro atoms. The standard InChI is InChI=1S/C8H11NOS2/c1-12-7-5-3-2-4-6(7)8(10)9-11/h2-7,11H,1H3,(H,9,10). The SMILES string of the molecule is CSC1C=CC=CC1C(=O)NS. The molecule has 2 nitrogen and oxygen atoms in total. The Morgan fingerprint density at radius 1 is 1.50 bits per heavy atom. The minimum absolute atomic E-state index is 0.0433. The van der Waals surface area contributed by atoms with E-state index in [0.717, 1.165) is 0 Å². The van der Waals surface area contributed by atoms with Gasteiger partial charge in [0.25, 0.3) is 0 Å². The largest absolute Gasteiger partial charge is 0.302 e. The van der Waals surface area contributed by atoms with Crippen LogP contribution in [0, 0.1) is 5.92 Å². The second-order valence-electron chi connectivity index (χ2n) is 2.47. The lowest BCUT2D eigenvalue weighted by molar-refractivity contribution is -0.121. The Morgan fingerprint density at radius 2 is 2.17 bits per heavy atom. The van der Waals surface area contributed by atoms with Crippen LogP contribution in [0.25, 0.3) is 0 Å². The Balaban J connectivity index is 2.68. The van der Waals surface area contributed by atoms with Crippen LogP contribution in [-0.4, -0.2) is 17.4 Å². The third kappa shape index (κ3) is 2.08. The van der Waals surface area contributed by atoms with Crippen LogP contribution in [0.4, 0.5) is 0 Å².